The Morgan fingerprint density at radius 2 is 0.957 bits per heavy atom. The molecule has 1 nitrogen and oxygen atoms in total. The van der Waals surface area contributed by atoms with E-state index in [1.54, 1.807) is 0 Å². The molecule has 0 aliphatic rings. The second-order valence-corrected chi connectivity index (χ2v) is 11.9. The predicted molar refractivity (Wildman–Crippen MR) is 200 cm³/mol. The van der Waals surface area contributed by atoms with Crippen LogP contribution >= 0.6 is 0 Å². The Morgan fingerprint density at radius 3 is 1.66 bits per heavy atom. The minimum atomic E-state index is -0.379. The molecular formula is C46H28O. The summed E-state index contributed by atoms with van der Waals surface area (Å²) in [6.07, 6.45) is 0. The van der Waals surface area contributed by atoms with Gasteiger partial charge < -0.3 is 4.42 Å². The van der Waals surface area contributed by atoms with E-state index in [-0.39, 0.29) is 47.0 Å². The van der Waals surface area contributed by atoms with E-state index >= 15 is 0 Å². The van der Waals surface area contributed by atoms with Crippen molar-refractivity contribution in [2.75, 3.05) is 0 Å². The SMILES string of the molecule is [2H]c1c([2H])c([2H])c2c(-c3c4ccccc4c(-c4cccc5oc6c7ccccc7ccc6c45)c4ccccc34)c([2H])c([2H])c(-c3ccccc3)c2c1[2H]. The van der Waals surface area contributed by atoms with Crippen LogP contribution in [0, 0.1) is 0 Å². The zero-order valence-electron chi connectivity index (χ0n) is 31.1. The van der Waals surface area contributed by atoms with Crippen molar-refractivity contribution in [1.29, 1.82) is 0 Å². The zero-order chi connectivity index (χ0) is 36.1. The lowest BCUT2D eigenvalue weighted by Crippen LogP contribution is -1.92. The average Bonchev–Trinajstić information content (AvgIpc) is 3.59. The predicted octanol–water partition coefficient (Wildman–Crippen LogP) is 13.2. The van der Waals surface area contributed by atoms with Crippen molar-refractivity contribution in [3.05, 3.63) is 170 Å². The van der Waals surface area contributed by atoms with Crippen LogP contribution in [-0.4, -0.2) is 0 Å². The van der Waals surface area contributed by atoms with Gasteiger partial charge in [0.25, 0.3) is 0 Å². The van der Waals surface area contributed by atoms with Crippen molar-refractivity contribution in [3.8, 4) is 33.4 Å². The number of furan rings is 1. The molecule has 0 unspecified atom stereocenters. The van der Waals surface area contributed by atoms with Crippen LogP contribution in [0.5, 0.6) is 0 Å². The van der Waals surface area contributed by atoms with Gasteiger partial charge in [0, 0.05) is 16.2 Å². The highest BCUT2D eigenvalue weighted by Gasteiger charge is 2.22. The number of hydrogen-bond donors (Lipinski definition) is 0. The van der Waals surface area contributed by atoms with Crippen LogP contribution in [0.15, 0.2) is 174 Å². The van der Waals surface area contributed by atoms with Crippen LogP contribution in [0.2, 0.25) is 0 Å². The highest BCUT2D eigenvalue weighted by molar-refractivity contribution is 6.28. The van der Waals surface area contributed by atoms with E-state index in [0.717, 1.165) is 65.4 Å². The van der Waals surface area contributed by atoms with Gasteiger partial charge in [0.2, 0.25) is 0 Å². The van der Waals surface area contributed by atoms with Crippen LogP contribution in [0.25, 0.3) is 98.4 Å². The van der Waals surface area contributed by atoms with Crippen molar-refractivity contribution in [2.45, 2.75) is 0 Å². The number of fused-ring (bicyclic) bond motifs is 8. The summed E-state index contributed by atoms with van der Waals surface area (Å²) in [4.78, 5) is 0. The van der Waals surface area contributed by atoms with Crippen molar-refractivity contribution >= 4 is 65.0 Å². The molecule has 0 bridgehead atoms. The van der Waals surface area contributed by atoms with Gasteiger partial charge in [-0.25, -0.2) is 0 Å². The minimum absolute atomic E-state index is 0.0946. The molecule has 0 atom stereocenters. The molecule has 218 valence electrons. The van der Waals surface area contributed by atoms with Crippen molar-refractivity contribution in [1.82, 2.24) is 0 Å². The van der Waals surface area contributed by atoms with E-state index in [2.05, 4.69) is 42.5 Å². The van der Waals surface area contributed by atoms with Crippen molar-refractivity contribution < 1.29 is 12.6 Å². The average molecular weight is 603 g/mol. The summed E-state index contributed by atoms with van der Waals surface area (Å²) >= 11 is 0. The fourth-order valence-corrected chi connectivity index (χ4v) is 7.40. The minimum Gasteiger partial charge on any atom is -0.455 e. The molecule has 0 aliphatic heterocycles. The topological polar surface area (TPSA) is 13.1 Å². The molecule has 47 heavy (non-hydrogen) atoms. The molecule has 1 heterocycles. The third-order valence-corrected chi connectivity index (χ3v) is 9.40. The molecule has 0 amide bonds. The lowest BCUT2D eigenvalue weighted by atomic mass is 9.83. The third kappa shape index (κ3) is 3.84. The van der Waals surface area contributed by atoms with Gasteiger partial charge in [0.1, 0.15) is 11.2 Å². The highest BCUT2D eigenvalue weighted by Crippen LogP contribution is 2.49. The maximum Gasteiger partial charge on any atom is 0.143 e. The molecule has 0 aliphatic carbocycles. The monoisotopic (exact) mass is 602 g/mol. The molecule has 10 aromatic rings. The Kier molecular flexibility index (Phi) is 4.49. The van der Waals surface area contributed by atoms with E-state index in [0.29, 0.717) is 22.3 Å². The zero-order valence-corrected chi connectivity index (χ0v) is 25.1. The smallest absolute Gasteiger partial charge is 0.143 e. The molecule has 9 aromatic carbocycles. The number of benzene rings is 9. The number of hydrogen-bond acceptors (Lipinski definition) is 1. The van der Waals surface area contributed by atoms with E-state index in [4.69, 9.17) is 8.53 Å². The first kappa shape index (κ1) is 20.8. The van der Waals surface area contributed by atoms with Gasteiger partial charge in [-0.1, -0.05) is 158 Å². The van der Waals surface area contributed by atoms with Gasteiger partial charge in [0.15, 0.2) is 0 Å². The Balaban J connectivity index is 1.39. The van der Waals surface area contributed by atoms with Gasteiger partial charge in [-0.3, -0.25) is 0 Å². The number of rotatable bonds is 3. The Bertz CT molecular complexity index is 3130. The summed E-state index contributed by atoms with van der Waals surface area (Å²) in [6, 6.07) is 42.4. The summed E-state index contributed by atoms with van der Waals surface area (Å²) < 4.78 is 61.6. The van der Waals surface area contributed by atoms with Crippen molar-refractivity contribution in [3.63, 3.8) is 0 Å². The molecule has 0 saturated heterocycles. The van der Waals surface area contributed by atoms with Gasteiger partial charge in [-0.05, 0) is 83.2 Å². The van der Waals surface area contributed by atoms with Crippen LogP contribution < -0.4 is 0 Å². The molecular weight excluding hydrogens is 569 g/mol. The molecule has 0 spiro atoms. The second kappa shape index (κ2) is 10.2. The lowest BCUT2D eigenvalue weighted by molar-refractivity contribution is 0.673. The molecule has 0 saturated carbocycles. The molecule has 0 radical (unpaired) electrons. The highest BCUT2D eigenvalue weighted by atomic mass is 16.3. The summed E-state index contributed by atoms with van der Waals surface area (Å²) in [5.41, 5.74) is 5.49. The fraction of sp³-hybridized carbons (Fsp3) is 0. The van der Waals surface area contributed by atoms with E-state index in [1.165, 1.54) is 0 Å². The van der Waals surface area contributed by atoms with Gasteiger partial charge >= 0.3 is 0 Å². The quantitative estimate of drug-likeness (QED) is 0.183. The third-order valence-electron chi connectivity index (χ3n) is 9.40. The first-order valence-corrected chi connectivity index (χ1v) is 15.7. The second-order valence-electron chi connectivity index (χ2n) is 11.9. The van der Waals surface area contributed by atoms with Crippen LogP contribution in [0.1, 0.15) is 8.22 Å². The summed E-state index contributed by atoms with van der Waals surface area (Å²) in [5.74, 6) is 0. The summed E-state index contributed by atoms with van der Waals surface area (Å²) in [6.45, 7) is 0. The van der Waals surface area contributed by atoms with Crippen molar-refractivity contribution in [2.24, 2.45) is 0 Å². The lowest BCUT2D eigenvalue weighted by Gasteiger charge is -2.20. The summed E-state index contributed by atoms with van der Waals surface area (Å²) in [5, 5.41) is 8.06. The maximum absolute atomic E-state index is 9.66. The van der Waals surface area contributed by atoms with Crippen LogP contribution in [-0.2, 0) is 0 Å². The molecule has 1 aromatic heterocycles. The largest absolute Gasteiger partial charge is 0.455 e. The van der Waals surface area contributed by atoms with Crippen LogP contribution in [0.4, 0.5) is 0 Å². The van der Waals surface area contributed by atoms with E-state index in [1.807, 2.05) is 91.0 Å². The Hall–Kier alpha value is -6.18. The van der Waals surface area contributed by atoms with Gasteiger partial charge in [-0.2, -0.15) is 0 Å². The molecule has 0 fully saturated rings. The summed E-state index contributed by atoms with van der Waals surface area (Å²) in [7, 11) is 0. The van der Waals surface area contributed by atoms with Crippen LogP contribution in [0.3, 0.4) is 0 Å². The van der Waals surface area contributed by atoms with E-state index < -0.39 is 0 Å². The standard InChI is InChI=1S/C46H28O/c1-2-13-29(14-3-1)31-27-28-39(34-18-7-6-17-33(31)34)43-35-19-8-10-21-37(35)44(38-22-11-9-20-36(38)43)40-23-12-24-42-45(40)41-26-25-30-15-4-5-16-32(30)46(41)47-42/h1-28H/i6D,7D,17D,18D,27D,28D. The molecule has 1 heteroatoms. The first-order valence-electron chi connectivity index (χ1n) is 18.7. The Labute approximate surface area is 280 Å². The molecule has 0 N–H and O–H groups in total. The maximum atomic E-state index is 9.66. The molecule has 10 rings (SSSR count). The Morgan fingerprint density at radius 1 is 0.383 bits per heavy atom. The first-order chi connectivity index (χ1) is 25.8. The van der Waals surface area contributed by atoms with Gasteiger partial charge in [0.05, 0.1) is 8.22 Å². The normalized spacial score (nSPS) is 13.6. The fourth-order valence-electron chi connectivity index (χ4n) is 7.40. The van der Waals surface area contributed by atoms with E-state index in [9.17, 15) is 4.11 Å². The van der Waals surface area contributed by atoms with Gasteiger partial charge in [-0.15, -0.1) is 0 Å².